The van der Waals surface area contributed by atoms with E-state index in [0.717, 1.165) is 11.3 Å². The van der Waals surface area contributed by atoms with Gasteiger partial charge in [-0.1, -0.05) is 34.1 Å². The average molecular weight is 434 g/mol. The van der Waals surface area contributed by atoms with E-state index in [0.29, 0.717) is 20.0 Å². The lowest BCUT2D eigenvalue weighted by Gasteiger charge is -2.06. The molecular formula is C18H13BrFN3O2S. The zero-order chi connectivity index (χ0) is 18.5. The number of hydrogen-bond acceptors (Lipinski definition) is 3. The van der Waals surface area contributed by atoms with E-state index in [1.54, 1.807) is 30.3 Å². The summed E-state index contributed by atoms with van der Waals surface area (Å²) in [5, 5.41) is 8.35. The summed E-state index contributed by atoms with van der Waals surface area (Å²) in [6.07, 6.45) is 0. The first-order valence-corrected chi connectivity index (χ1v) is 9.11. The molecular weight excluding hydrogens is 421 g/mol. The minimum absolute atomic E-state index is 0.0860. The Morgan fingerprint density at radius 3 is 2.42 bits per heavy atom. The van der Waals surface area contributed by atoms with E-state index in [-0.39, 0.29) is 5.69 Å². The molecule has 0 bridgehead atoms. The number of anilines is 3. The van der Waals surface area contributed by atoms with Gasteiger partial charge in [0.15, 0.2) is 0 Å². The monoisotopic (exact) mass is 433 g/mol. The van der Waals surface area contributed by atoms with Crippen molar-refractivity contribution < 1.29 is 14.0 Å². The van der Waals surface area contributed by atoms with Crippen molar-refractivity contribution in [1.82, 2.24) is 0 Å². The second-order valence-electron chi connectivity index (χ2n) is 5.19. The van der Waals surface area contributed by atoms with Gasteiger partial charge in [0.25, 0.3) is 5.91 Å². The Morgan fingerprint density at radius 2 is 1.69 bits per heavy atom. The van der Waals surface area contributed by atoms with Gasteiger partial charge >= 0.3 is 6.03 Å². The van der Waals surface area contributed by atoms with E-state index in [4.69, 9.17) is 0 Å². The van der Waals surface area contributed by atoms with Crippen molar-refractivity contribution >= 4 is 55.6 Å². The first kappa shape index (κ1) is 18.1. The third kappa shape index (κ3) is 4.68. The first-order valence-electron chi connectivity index (χ1n) is 7.50. The number of halogens is 2. The zero-order valence-corrected chi connectivity index (χ0v) is 15.7. The molecule has 26 heavy (non-hydrogen) atoms. The molecule has 0 fully saturated rings. The van der Waals surface area contributed by atoms with Gasteiger partial charge in [0.2, 0.25) is 0 Å². The molecule has 0 aliphatic heterocycles. The summed E-state index contributed by atoms with van der Waals surface area (Å²) in [4.78, 5) is 24.5. The molecule has 1 heterocycles. The Morgan fingerprint density at radius 1 is 0.923 bits per heavy atom. The van der Waals surface area contributed by atoms with E-state index in [2.05, 4.69) is 31.9 Å². The molecule has 8 heteroatoms. The molecule has 0 aliphatic rings. The number of nitrogens with one attached hydrogen (secondary N) is 3. The molecule has 3 amide bonds. The van der Waals surface area contributed by atoms with Crippen LogP contribution in [0.4, 0.5) is 25.6 Å². The van der Waals surface area contributed by atoms with E-state index < -0.39 is 17.8 Å². The second-order valence-corrected chi connectivity index (χ2v) is 7.19. The van der Waals surface area contributed by atoms with Crippen LogP contribution in [0, 0.1) is 5.82 Å². The number of amides is 3. The van der Waals surface area contributed by atoms with Crippen molar-refractivity contribution in [2.24, 2.45) is 0 Å². The predicted molar refractivity (Wildman–Crippen MR) is 105 cm³/mol. The van der Waals surface area contributed by atoms with Crippen LogP contribution >= 0.6 is 27.3 Å². The fourth-order valence-corrected chi connectivity index (χ4v) is 3.23. The third-order valence-corrected chi connectivity index (χ3v) is 4.77. The molecule has 0 atom stereocenters. The summed E-state index contributed by atoms with van der Waals surface area (Å²) >= 11 is 4.25. The van der Waals surface area contributed by atoms with Crippen LogP contribution in [0.25, 0.3) is 0 Å². The summed E-state index contributed by atoms with van der Waals surface area (Å²) in [6.45, 7) is 0. The number of carbonyl (C=O) groups is 2. The van der Waals surface area contributed by atoms with Crippen molar-refractivity contribution in [1.29, 1.82) is 0 Å². The summed E-state index contributed by atoms with van der Waals surface area (Å²) in [5.74, 6) is -0.988. The van der Waals surface area contributed by atoms with E-state index in [9.17, 15) is 14.0 Å². The van der Waals surface area contributed by atoms with Crippen LogP contribution in [0.1, 0.15) is 9.67 Å². The summed E-state index contributed by atoms with van der Waals surface area (Å²) < 4.78 is 14.4. The number of carbonyl (C=O) groups excluding carboxylic acids is 2. The van der Waals surface area contributed by atoms with E-state index in [1.165, 1.54) is 12.1 Å². The van der Waals surface area contributed by atoms with E-state index in [1.807, 2.05) is 18.2 Å². The standard InChI is InChI=1S/C18H13BrFN3O2S/c19-11-6-7-14(13(20)10-11)22-17(24)15-8-9-16(26-15)23-18(25)21-12-4-2-1-3-5-12/h1-10H,(H,22,24)(H2,21,23,25). The van der Waals surface area contributed by atoms with Gasteiger partial charge in [-0.3, -0.25) is 10.1 Å². The van der Waals surface area contributed by atoms with Crippen LogP contribution in [0.3, 0.4) is 0 Å². The van der Waals surface area contributed by atoms with Gasteiger partial charge in [0, 0.05) is 10.2 Å². The molecule has 2 aromatic carbocycles. The highest BCUT2D eigenvalue weighted by Gasteiger charge is 2.13. The number of hydrogen-bond donors (Lipinski definition) is 3. The quantitative estimate of drug-likeness (QED) is 0.504. The van der Waals surface area contributed by atoms with Crippen LogP contribution in [-0.4, -0.2) is 11.9 Å². The molecule has 0 unspecified atom stereocenters. The number of para-hydroxylation sites is 1. The molecule has 0 saturated carbocycles. The van der Waals surface area contributed by atoms with Crippen molar-refractivity contribution in [3.05, 3.63) is 75.8 Å². The molecule has 5 nitrogen and oxygen atoms in total. The Labute approximate surface area is 161 Å². The zero-order valence-electron chi connectivity index (χ0n) is 13.3. The SMILES string of the molecule is O=C(Nc1ccccc1)Nc1ccc(C(=O)Nc2ccc(Br)cc2F)s1. The van der Waals surface area contributed by atoms with Gasteiger partial charge in [-0.25, -0.2) is 9.18 Å². The van der Waals surface area contributed by atoms with E-state index >= 15 is 0 Å². The van der Waals surface area contributed by atoms with Crippen molar-refractivity contribution in [2.45, 2.75) is 0 Å². The maximum Gasteiger partial charge on any atom is 0.324 e. The first-order chi connectivity index (χ1) is 12.5. The normalized spacial score (nSPS) is 10.2. The fraction of sp³-hybridized carbons (Fsp3) is 0. The molecule has 132 valence electrons. The highest BCUT2D eigenvalue weighted by Crippen LogP contribution is 2.25. The lowest BCUT2D eigenvalue weighted by Crippen LogP contribution is -2.18. The lowest BCUT2D eigenvalue weighted by atomic mass is 10.3. The highest BCUT2D eigenvalue weighted by molar-refractivity contribution is 9.10. The molecule has 0 saturated heterocycles. The third-order valence-electron chi connectivity index (χ3n) is 3.28. The molecule has 0 spiro atoms. The largest absolute Gasteiger partial charge is 0.324 e. The Bertz CT molecular complexity index is 947. The number of benzene rings is 2. The number of rotatable bonds is 4. The van der Waals surface area contributed by atoms with Crippen molar-refractivity contribution in [2.75, 3.05) is 16.0 Å². The van der Waals surface area contributed by atoms with Gasteiger partial charge < -0.3 is 10.6 Å². The average Bonchev–Trinajstić information content (AvgIpc) is 3.06. The van der Waals surface area contributed by atoms with Crippen molar-refractivity contribution in [3.8, 4) is 0 Å². The van der Waals surface area contributed by atoms with Gasteiger partial charge in [-0.15, -0.1) is 11.3 Å². The van der Waals surface area contributed by atoms with Crippen LogP contribution in [-0.2, 0) is 0 Å². The molecule has 3 aromatic rings. The Hall–Kier alpha value is -2.71. The smallest absolute Gasteiger partial charge is 0.319 e. The van der Waals surface area contributed by atoms with Crippen LogP contribution in [0.5, 0.6) is 0 Å². The van der Waals surface area contributed by atoms with Crippen LogP contribution in [0.15, 0.2) is 65.1 Å². The second kappa shape index (κ2) is 8.11. The maximum atomic E-state index is 13.8. The highest BCUT2D eigenvalue weighted by atomic mass is 79.9. The van der Waals surface area contributed by atoms with Gasteiger partial charge in [-0.05, 0) is 42.5 Å². The predicted octanol–water partition coefficient (Wildman–Crippen LogP) is 5.55. The fourth-order valence-electron chi connectivity index (χ4n) is 2.10. The van der Waals surface area contributed by atoms with Crippen LogP contribution < -0.4 is 16.0 Å². The van der Waals surface area contributed by atoms with Gasteiger partial charge in [0.1, 0.15) is 5.82 Å². The maximum absolute atomic E-state index is 13.8. The topological polar surface area (TPSA) is 70.2 Å². The minimum atomic E-state index is -0.537. The summed E-state index contributed by atoms with van der Waals surface area (Å²) in [7, 11) is 0. The van der Waals surface area contributed by atoms with Gasteiger partial charge in [-0.2, -0.15) is 0 Å². The summed E-state index contributed by atoms with van der Waals surface area (Å²) in [6, 6.07) is 16.1. The van der Waals surface area contributed by atoms with Crippen molar-refractivity contribution in [3.63, 3.8) is 0 Å². The molecule has 3 N–H and O–H groups in total. The number of thiophene rings is 1. The van der Waals surface area contributed by atoms with Crippen LogP contribution in [0.2, 0.25) is 0 Å². The molecule has 0 aliphatic carbocycles. The molecule has 3 rings (SSSR count). The Balaban J connectivity index is 1.61. The molecule has 0 radical (unpaired) electrons. The lowest BCUT2D eigenvalue weighted by molar-refractivity contribution is 0.103. The minimum Gasteiger partial charge on any atom is -0.319 e. The summed E-state index contributed by atoms with van der Waals surface area (Å²) in [5.41, 5.74) is 0.744. The molecule has 1 aromatic heterocycles. The Kier molecular flexibility index (Phi) is 5.65. The number of urea groups is 1. The van der Waals surface area contributed by atoms with Gasteiger partial charge in [0.05, 0.1) is 15.6 Å².